The summed E-state index contributed by atoms with van der Waals surface area (Å²) < 4.78 is 5.81. The van der Waals surface area contributed by atoms with Crippen LogP contribution in [0.25, 0.3) is 0 Å². The van der Waals surface area contributed by atoms with E-state index in [0.29, 0.717) is 17.0 Å². The van der Waals surface area contributed by atoms with Crippen molar-refractivity contribution in [2.24, 2.45) is 5.10 Å². The molecule has 0 bridgehead atoms. The highest BCUT2D eigenvalue weighted by Gasteiger charge is 2.61. The summed E-state index contributed by atoms with van der Waals surface area (Å²) in [6, 6.07) is 10.8. The number of nitrogens with one attached hydrogen (secondary N) is 1. The van der Waals surface area contributed by atoms with E-state index in [9.17, 15) is 14.4 Å². The van der Waals surface area contributed by atoms with Crippen LogP contribution in [0.3, 0.4) is 0 Å². The molecule has 2 aliphatic rings. The fourth-order valence-electron chi connectivity index (χ4n) is 3.74. The van der Waals surface area contributed by atoms with Crippen molar-refractivity contribution in [3.8, 4) is 5.75 Å². The normalized spacial score (nSPS) is 19.1. The predicted octanol–water partition coefficient (Wildman–Crippen LogP) is 3.88. The van der Waals surface area contributed by atoms with Crippen molar-refractivity contribution < 1.29 is 19.1 Å². The highest BCUT2D eigenvalue weighted by Crippen LogP contribution is 2.57. The number of halogens is 2. The summed E-state index contributed by atoms with van der Waals surface area (Å²) in [6.45, 7) is 4.94. The number of benzene rings is 2. The number of hydrogen-bond acceptors (Lipinski definition) is 6. The lowest BCUT2D eigenvalue weighted by Crippen LogP contribution is -2.49. The summed E-state index contributed by atoms with van der Waals surface area (Å²) in [5.41, 5.74) is 1.95. The van der Waals surface area contributed by atoms with Gasteiger partial charge >= 0.3 is 0 Å². The number of aryl methyl sites for hydroxylation is 1. The second-order valence-corrected chi connectivity index (χ2v) is 9.51. The number of amidine groups is 1. The number of carbonyl (C=O) groups excluding carboxylic acids is 3. The standard InChI is InChI=1S/C22H20Cl2N4O4S/c1-12-4-6-15(7-5-12)32-11-10-27-19-16(8-9-17(23)18(19)24)22(20(27)31)28(14(3)30)26-21(33-22)25-13(2)29/h4-9H,10-11H2,1-3H3,(H,25,26,29)/t22-/m0/s1. The lowest BCUT2D eigenvalue weighted by Gasteiger charge is -2.29. The largest absolute Gasteiger partial charge is 0.492 e. The molecule has 0 fully saturated rings. The second kappa shape index (κ2) is 8.89. The summed E-state index contributed by atoms with van der Waals surface area (Å²) >= 11 is 13.8. The summed E-state index contributed by atoms with van der Waals surface area (Å²) in [5, 5.41) is 8.45. The van der Waals surface area contributed by atoms with E-state index >= 15 is 0 Å². The Morgan fingerprint density at radius 1 is 1.15 bits per heavy atom. The minimum Gasteiger partial charge on any atom is -0.492 e. The molecule has 33 heavy (non-hydrogen) atoms. The predicted molar refractivity (Wildman–Crippen MR) is 129 cm³/mol. The summed E-state index contributed by atoms with van der Waals surface area (Å²) in [5.74, 6) is -0.606. The summed E-state index contributed by atoms with van der Waals surface area (Å²) in [4.78, 5) is 37.9. The first kappa shape index (κ1) is 23.4. The number of thioether (sulfide) groups is 1. The van der Waals surface area contributed by atoms with Crippen LogP contribution in [0.4, 0.5) is 5.69 Å². The van der Waals surface area contributed by atoms with Crippen LogP contribution in [0, 0.1) is 6.92 Å². The minimum atomic E-state index is -1.54. The molecule has 0 aliphatic carbocycles. The maximum absolute atomic E-state index is 13.9. The molecule has 172 valence electrons. The van der Waals surface area contributed by atoms with Gasteiger partial charge in [0.2, 0.25) is 16.7 Å². The van der Waals surface area contributed by atoms with Gasteiger partial charge in [-0.2, -0.15) is 5.01 Å². The number of hydrogen-bond donors (Lipinski definition) is 1. The Kier molecular flexibility index (Phi) is 6.30. The maximum Gasteiger partial charge on any atom is 0.270 e. The van der Waals surface area contributed by atoms with E-state index in [-0.39, 0.29) is 34.3 Å². The Morgan fingerprint density at radius 2 is 1.85 bits per heavy atom. The molecule has 11 heteroatoms. The Labute approximate surface area is 204 Å². The maximum atomic E-state index is 13.9. The molecule has 3 amide bonds. The molecular weight excluding hydrogens is 487 g/mol. The highest BCUT2D eigenvalue weighted by atomic mass is 35.5. The van der Waals surface area contributed by atoms with Crippen molar-refractivity contribution in [1.29, 1.82) is 0 Å². The van der Waals surface area contributed by atoms with Crippen LogP contribution in [-0.2, 0) is 19.3 Å². The quantitative estimate of drug-likeness (QED) is 0.679. The van der Waals surface area contributed by atoms with Gasteiger partial charge in [0, 0.05) is 19.4 Å². The molecule has 2 heterocycles. The van der Waals surface area contributed by atoms with E-state index in [4.69, 9.17) is 27.9 Å². The number of nitrogens with zero attached hydrogens (tertiary/aromatic N) is 3. The number of fused-ring (bicyclic) bond motifs is 2. The van der Waals surface area contributed by atoms with Crippen LogP contribution in [0.1, 0.15) is 25.0 Å². The molecule has 1 N–H and O–H groups in total. The van der Waals surface area contributed by atoms with Crippen molar-refractivity contribution in [3.05, 3.63) is 57.6 Å². The third-order valence-electron chi connectivity index (χ3n) is 5.16. The molecule has 2 aliphatic heterocycles. The van der Waals surface area contributed by atoms with Gasteiger partial charge in [-0.1, -0.05) is 47.0 Å². The van der Waals surface area contributed by atoms with Crippen LogP contribution in [0.2, 0.25) is 10.0 Å². The lowest BCUT2D eigenvalue weighted by molar-refractivity contribution is -0.139. The van der Waals surface area contributed by atoms with Gasteiger partial charge in [0.25, 0.3) is 5.91 Å². The van der Waals surface area contributed by atoms with Gasteiger partial charge in [-0.3, -0.25) is 14.4 Å². The number of ether oxygens (including phenoxy) is 1. The third kappa shape index (κ3) is 4.05. The molecule has 0 unspecified atom stereocenters. The van der Waals surface area contributed by atoms with Crippen molar-refractivity contribution in [2.45, 2.75) is 25.6 Å². The first-order valence-corrected chi connectivity index (χ1v) is 11.6. The van der Waals surface area contributed by atoms with E-state index in [0.717, 1.165) is 22.3 Å². The molecule has 0 aromatic heterocycles. The van der Waals surface area contributed by atoms with Crippen LogP contribution in [0.15, 0.2) is 41.5 Å². The molecule has 4 rings (SSSR count). The summed E-state index contributed by atoms with van der Waals surface area (Å²) in [6.07, 6.45) is 0. The average molecular weight is 507 g/mol. The number of carbonyl (C=O) groups is 3. The third-order valence-corrected chi connectivity index (χ3v) is 7.19. The number of amides is 3. The highest BCUT2D eigenvalue weighted by molar-refractivity contribution is 8.15. The monoisotopic (exact) mass is 506 g/mol. The van der Waals surface area contributed by atoms with E-state index in [2.05, 4.69) is 10.4 Å². The Bertz CT molecular complexity index is 1190. The SMILES string of the molecule is CC(=O)NC1=NN(C(C)=O)[C@@]2(S1)C(=O)N(CCOc1ccc(C)cc1)c1c2ccc(Cl)c1Cl. The van der Waals surface area contributed by atoms with Crippen LogP contribution >= 0.6 is 35.0 Å². The number of anilines is 1. The first-order chi connectivity index (χ1) is 15.6. The molecular formula is C22H20Cl2N4O4S. The Hall–Kier alpha value is -2.75. The van der Waals surface area contributed by atoms with Crippen molar-refractivity contribution in [1.82, 2.24) is 10.3 Å². The molecule has 2 aromatic carbocycles. The van der Waals surface area contributed by atoms with Crippen LogP contribution in [0.5, 0.6) is 5.75 Å². The van der Waals surface area contributed by atoms with Crippen molar-refractivity contribution in [3.63, 3.8) is 0 Å². The first-order valence-electron chi connectivity index (χ1n) is 10.0. The zero-order chi connectivity index (χ0) is 23.9. The van der Waals surface area contributed by atoms with E-state index in [1.807, 2.05) is 31.2 Å². The second-order valence-electron chi connectivity index (χ2n) is 7.54. The number of hydrazone groups is 1. The van der Waals surface area contributed by atoms with Gasteiger partial charge in [-0.25, -0.2) is 0 Å². The fraction of sp³-hybridized carbons (Fsp3) is 0.273. The Morgan fingerprint density at radius 3 is 2.48 bits per heavy atom. The fourth-order valence-corrected chi connectivity index (χ4v) is 5.49. The molecule has 1 atom stereocenters. The lowest BCUT2D eigenvalue weighted by atomic mass is 10.1. The van der Waals surface area contributed by atoms with Gasteiger partial charge in [-0.15, -0.1) is 5.10 Å². The smallest absolute Gasteiger partial charge is 0.270 e. The molecule has 0 radical (unpaired) electrons. The molecule has 8 nitrogen and oxygen atoms in total. The Balaban J connectivity index is 1.70. The number of rotatable bonds is 4. The van der Waals surface area contributed by atoms with E-state index in [1.165, 1.54) is 18.7 Å². The summed E-state index contributed by atoms with van der Waals surface area (Å²) in [7, 11) is 0. The zero-order valence-electron chi connectivity index (χ0n) is 18.0. The van der Waals surface area contributed by atoms with Gasteiger partial charge < -0.3 is 15.0 Å². The topological polar surface area (TPSA) is 91.3 Å². The van der Waals surface area contributed by atoms with Crippen molar-refractivity contribution >= 4 is 63.5 Å². The molecule has 0 saturated carbocycles. The molecule has 2 aromatic rings. The zero-order valence-corrected chi connectivity index (χ0v) is 20.3. The average Bonchev–Trinajstić information content (AvgIpc) is 3.24. The van der Waals surface area contributed by atoms with Gasteiger partial charge in [0.1, 0.15) is 12.4 Å². The van der Waals surface area contributed by atoms with Gasteiger partial charge in [-0.05, 0) is 36.9 Å². The minimum absolute atomic E-state index is 0.140. The van der Waals surface area contributed by atoms with Crippen LogP contribution < -0.4 is 15.0 Å². The molecule has 1 spiro atoms. The molecule has 0 saturated heterocycles. The van der Waals surface area contributed by atoms with Gasteiger partial charge in [0.15, 0.2) is 5.17 Å². The van der Waals surface area contributed by atoms with E-state index < -0.39 is 16.7 Å². The van der Waals surface area contributed by atoms with Crippen LogP contribution in [-0.4, -0.2) is 41.0 Å². The van der Waals surface area contributed by atoms with Gasteiger partial charge in [0.05, 0.1) is 22.3 Å². The van der Waals surface area contributed by atoms with Crippen molar-refractivity contribution in [2.75, 3.05) is 18.1 Å². The van der Waals surface area contributed by atoms with E-state index in [1.54, 1.807) is 12.1 Å².